The number of furan rings is 1. The molecule has 0 N–H and O–H groups in total. The number of benzene rings is 9. The van der Waals surface area contributed by atoms with Gasteiger partial charge in [-0.15, -0.1) is 0 Å². The zero-order chi connectivity index (χ0) is 36.3. The molecule has 0 aliphatic carbocycles. The fourth-order valence-corrected chi connectivity index (χ4v) is 8.42. The average Bonchev–Trinajstić information content (AvgIpc) is 3.81. The van der Waals surface area contributed by atoms with Crippen molar-refractivity contribution in [3.8, 4) is 27.9 Å². The van der Waals surface area contributed by atoms with E-state index in [9.17, 15) is 0 Å². The lowest BCUT2D eigenvalue weighted by atomic mass is 10.0. The zero-order valence-electron chi connectivity index (χ0n) is 29.9. The minimum absolute atomic E-state index is 0.904. The molecular weight excluding hydrogens is 669 g/mol. The van der Waals surface area contributed by atoms with Crippen LogP contribution in [0.3, 0.4) is 0 Å². The predicted octanol–water partition coefficient (Wildman–Crippen LogP) is 14.6. The summed E-state index contributed by atoms with van der Waals surface area (Å²) in [6, 6.07) is 74.0. The van der Waals surface area contributed by atoms with Gasteiger partial charge in [0.05, 0.1) is 16.7 Å². The van der Waals surface area contributed by atoms with Gasteiger partial charge in [-0.25, -0.2) is 0 Å². The van der Waals surface area contributed by atoms with Crippen LogP contribution in [0.4, 0.5) is 17.1 Å². The molecule has 0 aliphatic rings. The molecule has 2 heterocycles. The first kappa shape index (κ1) is 31.2. The Morgan fingerprint density at radius 3 is 1.64 bits per heavy atom. The largest absolute Gasteiger partial charge is 0.455 e. The van der Waals surface area contributed by atoms with Crippen molar-refractivity contribution in [2.75, 3.05) is 4.90 Å². The summed E-state index contributed by atoms with van der Waals surface area (Å²) in [6.07, 6.45) is 0. The molecule has 55 heavy (non-hydrogen) atoms. The molecule has 0 saturated heterocycles. The van der Waals surface area contributed by atoms with Gasteiger partial charge in [0.1, 0.15) is 11.2 Å². The predicted molar refractivity (Wildman–Crippen MR) is 231 cm³/mol. The number of aromatic nitrogens is 1. The summed E-state index contributed by atoms with van der Waals surface area (Å²) in [4.78, 5) is 2.40. The Morgan fingerprint density at radius 1 is 0.382 bits per heavy atom. The summed E-state index contributed by atoms with van der Waals surface area (Å²) >= 11 is 0. The van der Waals surface area contributed by atoms with Crippen LogP contribution in [-0.4, -0.2) is 4.57 Å². The van der Waals surface area contributed by atoms with Crippen molar-refractivity contribution in [3.63, 3.8) is 0 Å². The Labute approximate surface area is 318 Å². The lowest BCUT2D eigenvalue weighted by molar-refractivity contribution is 0.670. The van der Waals surface area contributed by atoms with Crippen LogP contribution >= 0.6 is 0 Å². The Kier molecular flexibility index (Phi) is 7.17. The Bertz CT molecular complexity index is 3140. The molecule has 9 aromatic carbocycles. The molecule has 0 amide bonds. The molecule has 3 nitrogen and oxygen atoms in total. The SMILES string of the molecule is c1ccc(-c2ccc(N(c3ccc(-c4cccc5c4oc4ccccc45)cc3)c3cc(-n4c5ccccc5c5ccccc54)cc4ccccc34)cc2)cc1. The molecule has 0 unspecified atom stereocenters. The van der Waals surface area contributed by atoms with Crippen molar-refractivity contribution < 1.29 is 4.42 Å². The summed E-state index contributed by atoms with van der Waals surface area (Å²) in [5, 5.41) is 7.11. The second-order valence-electron chi connectivity index (χ2n) is 14.1. The quantitative estimate of drug-likeness (QED) is 0.172. The number of hydrogen-bond acceptors (Lipinski definition) is 2. The highest BCUT2D eigenvalue weighted by Gasteiger charge is 2.20. The number of hydrogen-bond donors (Lipinski definition) is 0. The van der Waals surface area contributed by atoms with E-state index in [0.717, 1.165) is 55.8 Å². The molecule has 3 heteroatoms. The number of fused-ring (bicyclic) bond motifs is 7. The standard InChI is InChI=1S/C52H34N2O/c1-2-13-35(14-3-1)36-25-29-39(30-26-36)53(40-31-27-37(28-32-40)43-20-12-21-47-46-19-8-11-24-51(46)55-52(43)47)50-34-41(33-38-15-4-5-16-42(38)50)54-48-22-9-6-17-44(48)45-18-7-10-23-49(45)54/h1-34H. The van der Waals surface area contributed by atoms with Gasteiger partial charge in [0.25, 0.3) is 0 Å². The van der Waals surface area contributed by atoms with Crippen LogP contribution in [0, 0.1) is 0 Å². The van der Waals surface area contributed by atoms with Crippen LogP contribution in [0.1, 0.15) is 0 Å². The van der Waals surface area contributed by atoms with E-state index in [0.29, 0.717) is 0 Å². The molecule has 11 aromatic rings. The van der Waals surface area contributed by atoms with Crippen molar-refractivity contribution in [2.24, 2.45) is 0 Å². The monoisotopic (exact) mass is 702 g/mol. The molecule has 0 bridgehead atoms. The Balaban J connectivity index is 1.12. The fraction of sp³-hybridized carbons (Fsp3) is 0. The van der Waals surface area contributed by atoms with Crippen LogP contribution in [0.15, 0.2) is 211 Å². The van der Waals surface area contributed by atoms with Gasteiger partial charge in [0, 0.05) is 49.6 Å². The zero-order valence-corrected chi connectivity index (χ0v) is 29.9. The van der Waals surface area contributed by atoms with E-state index >= 15 is 0 Å². The molecule has 0 spiro atoms. The summed E-state index contributed by atoms with van der Waals surface area (Å²) in [5.74, 6) is 0. The third-order valence-corrected chi connectivity index (χ3v) is 11.0. The lowest BCUT2D eigenvalue weighted by Crippen LogP contribution is -2.11. The maximum Gasteiger partial charge on any atom is 0.143 e. The number of rotatable bonds is 6. The van der Waals surface area contributed by atoms with Gasteiger partial charge in [-0.1, -0.05) is 152 Å². The van der Waals surface area contributed by atoms with Crippen LogP contribution < -0.4 is 4.90 Å². The Hall–Kier alpha value is -7.36. The maximum absolute atomic E-state index is 6.45. The van der Waals surface area contributed by atoms with Gasteiger partial charge in [-0.05, 0) is 76.7 Å². The van der Waals surface area contributed by atoms with Gasteiger partial charge >= 0.3 is 0 Å². The molecule has 0 atom stereocenters. The van der Waals surface area contributed by atoms with Gasteiger partial charge in [-0.2, -0.15) is 0 Å². The van der Waals surface area contributed by atoms with Gasteiger partial charge in [0.2, 0.25) is 0 Å². The van der Waals surface area contributed by atoms with Gasteiger partial charge in [-0.3, -0.25) is 0 Å². The highest BCUT2D eigenvalue weighted by atomic mass is 16.3. The van der Waals surface area contributed by atoms with Crippen molar-refractivity contribution >= 4 is 71.6 Å². The minimum Gasteiger partial charge on any atom is -0.455 e. The molecule has 0 fully saturated rings. The molecular formula is C52H34N2O. The van der Waals surface area contributed by atoms with Crippen LogP contribution in [0.25, 0.3) is 82.5 Å². The molecule has 2 aromatic heterocycles. The topological polar surface area (TPSA) is 21.3 Å². The summed E-state index contributed by atoms with van der Waals surface area (Å²) in [7, 11) is 0. The highest BCUT2D eigenvalue weighted by Crippen LogP contribution is 2.44. The van der Waals surface area contributed by atoms with Crippen LogP contribution in [0.2, 0.25) is 0 Å². The number of para-hydroxylation sites is 4. The highest BCUT2D eigenvalue weighted by molar-refractivity contribution is 6.11. The molecule has 0 aliphatic heterocycles. The summed E-state index contributed by atoms with van der Waals surface area (Å²) in [6.45, 7) is 0. The first-order valence-corrected chi connectivity index (χ1v) is 18.8. The van der Waals surface area contributed by atoms with Crippen molar-refractivity contribution in [3.05, 3.63) is 206 Å². The minimum atomic E-state index is 0.904. The first-order chi connectivity index (χ1) is 27.3. The van der Waals surface area contributed by atoms with E-state index in [4.69, 9.17) is 4.42 Å². The second kappa shape index (κ2) is 12.6. The van der Waals surface area contributed by atoms with E-state index in [1.165, 1.54) is 43.7 Å². The fourth-order valence-electron chi connectivity index (χ4n) is 8.42. The van der Waals surface area contributed by atoms with Crippen molar-refractivity contribution in [1.29, 1.82) is 0 Å². The number of anilines is 3. The summed E-state index contributed by atoms with van der Waals surface area (Å²) < 4.78 is 8.86. The third-order valence-electron chi connectivity index (χ3n) is 11.0. The lowest BCUT2D eigenvalue weighted by Gasteiger charge is -2.28. The van der Waals surface area contributed by atoms with Crippen LogP contribution in [0.5, 0.6) is 0 Å². The molecule has 11 rings (SSSR count). The summed E-state index contributed by atoms with van der Waals surface area (Å²) in [5.41, 5.74) is 13.1. The Morgan fingerprint density at radius 2 is 0.927 bits per heavy atom. The molecule has 0 saturated carbocycles. The molecule has 0 radical (unpaired) electrons. The van der Waals surface area contributed by atoms with Crippen LogP contribution in [-0.2, 0) is 0 Å². The second-order valence-corrected chi connectivity index (χ2v) is 14.1. The van der Waals surface area contributed by atoms with Crippen molar-refractivity contribution in [1.82, 2.24) is 4.57 Å². The van der Waals surface area contributed by atoms with Gasteiger partial charge in [0.15, 0.2) is 0 Å². The number of nitrogens with zero attached hydrogens (tertiary/aromatic N) is 2. The van der Waals surface area contributed by atoms with E-state index in [2.05, 4.69) is 204 Å². The normalized spacial score (nSPS) is 11.6. The van der Waals surface area contributed by atoms with E-state index < -0.39 is 0 Å². The first-order valence-electron chi connectivity index (χ1n) is 18.8. The molecule has 258 valence electrons. The van der Waals surface area contributed by atoms with Gasteiger partial charge < -0.3 is 13.9 Å². The smallest absolute Gasteiger partial charge is 0.143 e. The third kappa shape index (κ3) is 5.13. The maximum atomic E-state index is 6.45. The van der Waals surface area contributed by atoms with E-state index in [1.54, 1.807) is 0 Å². The van der Waals surface area contributed by atoms with E-state index in [-0.39, 0.29) is 0 Å². The van der Waals surface area contributed by atoms with Crippen molar-refractivity contribution in [2.45, 2.75) is 0 Å². The van der Waals surface area contributed by atoms with E-state index in [1.807, 2.05) is 12.1 Å². The average molecular weight is 703 g/mol.